The lowest BCUT2D eigenvalue weighted by Crippen LogP contribution is -2.47. The summed E-state index contributed by atoms with van der Waals surface area (Å²) in [6, 6.07) is 10.5. The van der Waals surface area contributed by atoms with Gasteiger partial charge in [-0.25, -0.2) is 0 Å². The number of hydrogen-bond donors (Lipinski definition) is 2. The zero-order valence-electron chi connectivity index (χ0n) is 19.7. The molecule has 1 heterocycles. The molecule has 0 saturated carbocycles. The minimum Gasteiger partial charge on any atom is -0.340 e. The van der Waals surface area contributed by atoms with E-state index in [1.165, 1.54) is 30.5 Å². The van der Waals surface area contributed by atoms with Crippen molar-refractivity contribution in [2.75, 3.05) is 18.4 Å². The fraction of sp³-hybridized carbons (Fsp3) is 0.440. The Kier molecular flexibility index (Phi) is 8.63. The molecule has 0 spiro atoms. The molecule has 2 N–H and O–H groups in total. The summed E-state index contributed by atoms with van der Waals surface area (Å²) in [7, 11) is 0. The van der Waals surface area contributed by atoms with E-state index in [1.807, 2.05) is 38.1 Å². The second-order valence-electron chi connectivity index (χ2n) is 9.26. The number of nitrogens with one attached hydrogen (secondary N) is 2. The van der Waals surface area contributed by atoms with E-state index in [0.717, 1.165) is 31.6 Å². The summed E-state index contributed by atoms with van der Waals surface area (Å²) >= 11 is 6.06. The van der Waals surface area contributed by atoms with Crippen LogP contribution < -0.4 is 10.6 Å². The highest BCUT2D eigenvalue weighted by atomic mass is 35.5. The van der Waals surface area contributed by atoms with E-state index in [9.17, 15) is 19.7 Å². The molecule has 0 aromatic heterocycles. The standard InChI is InChI=1S/C25H31ClN4O4/c1-16(2)23(28-24(31)21-9-8-20(30(33)34)14-22(21)26)25(32)27-19-6-4-18(5-7-19)15-29-12-10-17(3)11-13-29/h4-9,14,16-17,23H,10-13,15H2,1-3H3,(H,27,32)(H,28,31). The molecule has 0 bridgehead atoms. The van der Waals surface area contributed by atoms with Gasteiger partial charge in [0.25, 0.3) is 11.6 Å². The quantitative estimate of drug-likeness (QED) is 0.409. The fourth-order valence-electron chi connectivity index (χ4n) is 3.95. The molecule has 1 fully saturated rings. The Balaban J connectivity index is 1.61. The highest BCUT2D eigenvalue weighted by Crippen LogP contribution is 2.23. The van der Waals surface area contributed by atoms with Gasteiger partial charge in [-0.2, -0.15) is 0 Å². The number of hydrogen-bond acceptors (Lipinski definition) is 5. The summed E-state index contributed by atoms with van der Waals surface area (Å²) in [6.45, 7) is 9.04. The lowest BCUT2D eigenvalue weighted by molar-refractivity contribution is -0.384. The first-order valence-electron chi connectivity index (χ1n) is 11.5. The Labute approximate surface area is 204 Å². The van der Waals surface area contributed by atoms with Gasteiger partial charge in [0.15, 0.2) is 0 Å². The highest BCUT2D eigenvalue weighted by Gasteiger charge is 2.26. The van der Waals surface area contributed by atoms with Gasteiger partial charge in [0.2, 0.25) is 5.91 Å². The van der Waals surface area contributed by atoms with Gasteiger partial charge >= 0.3 is 0 Å². The summed E-state index contributed by atoms with van der Waals surface area (Å²) in [5, 5.41) is 16.4. The number of nitrogens with zero attached hydrogens (tertiary/aromatic N) is 2. The molecule has 1 saturated heterocycles. The molecule has 2 amide bonds. The predicted molar refractivity (Wildman–Crippen MR) is 133 cm³/mol. The number of carbonyl (C=O) groups excluding carboxylic acids is 2. The SMILES string of the molecule is CC1CCN(Cc2ccc(NC(=O)C(NC(=O)c3ccc([N+](=O)[O-])cc3Cl)C(C)C)cc2)CC1. The largest absolute Gasteiger partial charge is 0.340 e. The molecule has 8 nitrogen and oxygen atoms in total. The molecule has 2 aromatic carbocycles. The van der Waals surface area contributed by atoms with Crippen LogP contribution in [0.15, 0.2) is 42.5 Å². The second kappa shape index (κ2) is 11.4. The average molecular weight is 487 g/mol. The number of anilines is 1. The Morgan fingerprint density at radius 1 is 1.15 bits per heavy atom. The minimum atomic E-state index is -0.811. The molecule has 0 radical (unpaired) electrons. The minimum absolute atomic E-state index is 0.0478. The fourth-order valence-corrected chi connectivity index (χ4v) is 4.21. The summed E-state index contributed by atoms with van der Waals surface area (Å²) in [4.78, 5) is 38.4. The van der Waals surface area contributed by atoms with Gasteiger partial charge < -0.3 is 10.6 Å². The summed E-state index contributed by atoms with van der Waals surface area (Å²) < 4.78 is 0. The molecule has 182 valence electrons. The van der Waals surface area contributed by atoms with Crippen LogP contribution in [0.3, 0.4) is 0 Å². The third kappa shape index (κ3) is 6.77. The van der Waals surface area contributed by atoms with E-state index >= 15 is 0 Å². The average Bonchev–Trinajstić information content (AvgIpc) is 2.79. The maximum Gasteiger partial charge on any atom is 0.270 e. The molecular formula is C25H31ClN4O4. The van der Waals surface area contributed by atoms with E-state index in [2.05, 4.69) is 22.5 Å². The van der Waals surface area contributed by atoms with E-state index in [0.29, 0.717) is 5.69 Å². The van der Waals surface area contributed by atoms with Crippen LogP contribution in [0.1, 0.15) is 49.5 Å². The molecule has 34 heavy (non-hydrogen) atoms. The molecule has 2 aromatic rings. The number of halogens is 1. The summed E-state index contributed by atoms with van der Waals surface area (Å²) in [6.07, 6.45) is 2.45. The van der Waals surface area contributed by atoms with Gasteiger partial charge in [-0.05, 0) is 61.5 Å². The first-order valence-corrected chi connectivity index (χ1v) is 11.9. The normalized spacial score (nSPS) is 15.7. The maximum absolute atomic E-state index is 12.9. The van der Waals surface area contributed by atoms with E-state index in [-0.39, 0.29) is 28.1 Å². The Bertz CT molecular complexity index is 1030. The zero-order valence-corrected chi connectivity index (χ0v) is 20.5. The van der Waals surface area contributed by atoms with Gasteiger partial charge in [0, 0.05) is 24.4 Å². The van der Waals surface area contributed by atoms with Crippen LogP contribution in [0.4, 0.5) is 11.4 Å². The number of non-ortho nitro benzene ring substituents is 1. The molecule has 1 unspecified atom stereocenters. The van der Waals surface area contributed by atoms with Crippen molar-refractivity contribution >= 4 is 34.8 Å². The van der Waals surface area contributed by atoms with Crippen LogP contribution in [0.2, 0.25) is 5.02 Å². The van der Waals surface area contributed by atoms with E-state index in [4.69, 9.17) is 11.6 Å². The van der Waals surface area contributed by atoms with Crippen molar-refractivity contribution in [1.29, 1.82) is 0 Å². The van der Waals surface area contributed by atoms with Crippen molar-refractivity contribution < 1.29 is 14.5 Å². The van der Waals surface area contributed by atoms with Crippen LogP contribution in [0.25, 0.3) is 0 Å². The first kappa shape index (κ1) is 25.6. The van der Waals surface area contributed by atoms with Gasteiger partial charge in [-0.1, -0.05) is 44.5 Å². The lowest BCUT2D eigenvalue weighted by Gasteiger charge is -2.30. The van der Waals surface area contributed by atoms with Gasteiger partial charge in [-0.15, -0.1) is 0 Å². The molecule has 1 atom stereocenters. The predicted octanol–water partition coefficient (Wildman–Crippen LogP) is 4.87. The van der Waals surface area contributed by atoms with Gasteiger partial charge in [0.05, 0.1) is 15.5 Å². The van der Waals surface area contributed by atoms with Crippen molar-refractivity contribution in [3.63, 3.8) is 0 Å². The van der Waals surface area contributed by atoms with Crippen LogP contribution in [-0.2, 0) is 11.3 Å². The number of rotatable bonds is 8. The number of amides is 2. The van der Waals surface area contributed by atoms with E-state index in [1.54, 1.807) is 0 Å². The first-order chi connectivity index (χ1) is 16.1. The molecular weight excluding hydrogens is 456 g/mol. The van der Waals surface area contributed by atoms with Crippen molar-refractivity contribution in [1.82, 2.24) is 10.2 Å². The number of nitro groups is 1. The van der Waals surface area contributed by atoms with E-state index < -0.39 is 16.9 Å². The van der Waals surface area contributed by atoms with Crippen molar-refractivity contribution in [3.8, 4) is 0 Å². The molecule has 1 aliphatic rings. The van der Waals surface area contributed by atoms with Crippen molar-refractivity contribution in [2.24, 2.45) is 11.8 Å². The summed E-state index contributed by atoms with van der Waals surface area (Å²) in [5.74, 6) is -0.319. The lowest BCUT2D eigenvalue weighted by atomic mass is 9.99. The maximum atomic E-state index is 12.9. The highest BCUT2D eigenvalue weighted by molar-refractivity contribution is 6.34. The van der Waals surface area contributed by atoms with Crippen LogP contribution >= 0.6 is 11.6 Å². The Morgan fingerprint density at radius 2 is 1.79 bits per heavy atom. The van der Waals surface area contributed by atoms with Crippen LogP contribution in [-0.4, -0.2) is 40.8 Å². The number of nitro benzene ring substituents is 1. The van der Waals surface area contributed by atoms with Crippen molar-refractivity contribution in [3.05, 3.63) is 68.7 Å². The number of likely N-dealkylation sites (tertiary alicyclic amines) is 1. The monoisotopic (exact) mass is 486 g/mol. The zero-order chi connectivity index (χ0) is 24.8. The van der Waals surface area contributed by atoms with Crippen molar-refractivity contribution in [2.45, 2.75) is 46.2 Å². The molecule has 3 rings (SSSR count). The molecule has 1 aliphatic heterocycles. The number of piperidine rings is 1. The molecule has 0 aliphatic carbocycles. The second-order valence-corrected chi connectivity index (χ2v) is 9.67. The topological polar surface area (TPSA) is 105 Å². The number of benzene rings is 2. The number of carbonyl (C=O) groups is 2. The molecule has 9 heteroatoms. The third-order valence-corrected chi connectivity index (χ3v) is 6.46. The summed E-state index contributed by atoms with van der Waals surface area (Å²) in [5.41, 5.74) is 1.70. The van der Waals surface area contributed by atoms with Gasteiger partial charge in [-0.3, -0.25) is 24.6 Å². The van der Waals surface area contributed by atoms with Gasteiger partial charge in [0.1, 0.15) is 6.04 Å². The smallest absolute Gasteiger partial charge is 0.270 e. The Hall–Kier alpha value is -2.97. The Morgan fingerprint density at radius 3 is 2.35 bits per heavy atom. The van der Waals surface area contributed by atoms with Crippen LogP contribution in [0.5, 0.6) is 0 Å². The third-order valence-electron chi connectivity index (χ3n) is 6.15. The van der Waals surface area contributed by atoms with Crippen LogP contribution in [0, 0.1) is 22.0 Å².